The molecule has 1 aliphatic rings. The van der Waals surface area contributed by atoms with Gasteiger partial charge in [0.05, 0.1) is 0 Å². The largest absolute Gasteiger partial charge is 0.380 e. The first-order valence-corrected chi connectivity index (χ1v) is 8.38. The van der Waals surface area contributed by atoms with Gasteiger partial charge in [-0.1, -0.05) is 30.3 Å². The summed E-state index contributed by atoms with van der Waals surface area (Å²) < 4.78 is 5.98. The van der Waals surface area contributed by atoms with E-state index >= 15 is 0 Å². The second-order valence-electron chi connectivity index (χ2n) is 5.90. The predicted molar refractivity (Wildman–Crippen MR) is 84.5 cm³/mol. The van der Waals surface area contributed by atoms with Gasteiger partial charge in [0.1, 0.15) is 0 Å². The van der Waals surface area contributed by atoms with Crippen molar-refractivity contribution in [1.82, 2.24) is 0 Å². The van der Waals surface area contributed by atoms with E-state index in [0.29, 0.717) is 0 Å². The third-order valence-corrected chi connectivity index (χ3v) is 5.86. The number of ether oxygens (including phenoxy) is 1. The molecular formula is C15H24OSSi. The molecule has 2 unspecified atom stereocenters. The fourth-order valence-electron chi connectivity index (χ4n) is 2.64. The summed E-state index contributed by atoms with van der Waals surface area (Å²) in [6.07, 6.45) is 6.05. The zero-order chi connectivity index (χ0) is 13.1. The molecule has 1 fully saturated rings. The minimum atomic E-state index is -0.0422. The van der Waals surface area contributed by atoms with Gasteiger partial charge < -0.3 is 4.74 Å². The molecule has 0 aliphatic carbocycles. The van der Waals surface area contributed by atoms with Crippen LogP contribution < -0.4 is 0 Å². The summed E-state index contributed by atoms with van der Waals surface area (Å²) in [6.45, 7) is 3.18. The first kappa shape index (κ1) is 14.2. The van der Waals surface area contributed by atoms with E-state index in [2.05, 4.69) is 37.3 Å². The second kappa shape index (κ2) is 5.80. The van der Waals surface area contributed by atoms with Crippen LogP contribution in [0.5, 0.6) is 0 Å². The van der Waals surface area contributed by atoms with Crippen molar-refractivity contribution >= 4 is 22.9 Å². The van der Waals surface area contributed by atoms with Gasteiger partial charge in [-0.05, 0) is 44.6 Å². The van der Waals surface area contributed by atoms with Crippen LogP contribution >= 0.6 is 12.6 Å². The van der Waals surface area contributed by atoms with E-state index < -0.39 is 0 Å². The average Bonchev–Trinajstić information content (AvgIpc) is 2.39. The molecule has 1 aromatic rings. The maximum absolute atomic E-state index is 6.02. The molecule has 0 radical (unpaired) electrons. The number of hydrogen-bond acceptors (Lipinski definition) is 2. The molecule has 1 heterocycles. The highest BCUT2D eigenvalue weighted by Gasteiger charge is 2.31. The van der Waals surface area contributed by atoms with E-state index in [0.717, 1.165) is 29.7 Å². The zero-order valence-corrected chi connectivity index (χ0v) is 14.4. The highest BCUT2D eigenvalue weighted by Crippen LogP contribution is 2.37. The van der Waals surface area contributed by atoms with Crippen molar-refractivity contribution in [2.75, 3.05) is 6.61 Å². The van der Waals surface area contributed by atoms with Gasteiger partial charge in [-0.3, -0.25) is 0 Å². The van der Waals surface area contributed by atoms with Crippen LogP contribution in [-0.4, -0.2) is 22.1 Å². The molecule has 0 spiro atoms. The molecular weight excluding hydrogens is 256 g/mol. The Labute approximate surface area is 119 Å². The van der Waals surface area contributed by atoms with Crippen LogP contribution in [0.3, 0.4) is 0 Å². The first-order chi connectivity index (χ1) is 8.52. The van der Waals surface area contributed by atoms with Crippen LogP contribution in [0.2, 0.25) is 0 Å². The van der Waals surface area contributed by atoms with Gasteiger partial charge in [0, 0.05) is 26.8 Å². The molecule has 1 nitrogen and oxygen atoms in total. The average molecular weight is 281 g/mol. The maximum atomic E-state index is 6.02. The van der Waals surface area contributed by atoms with Crippen molar-refractivity contribution < 1.29 is 4.74 Å². The molecule has 3 heteroatoms. The Balaban J connectivity index is 1.96. The molecule has 1 saturated heterocycles. The Hall–Kier alpha value is -0.253. The lowest BCUT2D eigenvalue weighted by Crippen LogP contribution is -2.38. The molecule has 2 atom stereocenters. The van der Waals surface area contributed by atoms with Crippen molar-refractivity contribution in [1.29, 1.82) is 0 Å². The normalized spacial score (nSPS) is 27.9. The number of thiol groups is 1. The van der Waals surface area contributed by atoms with Gasteiger partial charge in [-0.15, -0.1) is 0 Å². The molecule has 2 rings (SSSR count). The van der Waals surface area contributed by atoms with Crippen molar-refractivity contribution in [3.05, 3.63) is 35.9 Å². The molecule has 100 valence electrons. The van der Waals surface area contributed by atoms with Gasteiger partial charge in [0.25, 0.3) is 0 Å². The number of rotatable bonds is 4. The first-order valence-electron chi connectivity index (χ1n) is 6.94. The van der Waals surface area contributed by atoms with E-state index in [1.807, 2.05) is 0 Å². The maximum Gasteiger partial charge on any atom is 0.0486 e. The summed E-state index contributed by atoms with van der Waals surface area (Å²) in [5, 5.41) is 0.205. The Morgan fingerprint density at radius 1 is 1.33 bits per heavy atom. The lowest BCUT2D eigenvalue weighted by atomic mass is 9.91. The van der Waals surface area contributed by atoms with Gasteiger partial charge in [-0.2, -0.15) is 12.6 Å². The summed E-state index contributed by atoms with van der Waals surface area (Å²) in [4.78, 5) is 0. The third kappa shape index (κ3) is 3.62. The van der Waals surface area contributed by atoms with Crippen molar-refractivity contribution in [3.63, 3.8) is 0 Å². The van der Waals surface area contributed by atoms with E-state index in [9.17, 15) is 0 Å². The molecule has 0 amide bonds. The predicted octanol–water partition coefficient (Wildman–Crippen LogP) is 2.87. The van der Waals surface area contributed by atoms with E-state index in [-0.39, 0.29) is 9.97 Å². The van der Waals surface area contributed by atoms with Crippen molar-refractivity contribution in [2.45, 2.75) is 49.0 Å². The van der Waals surface area contributed by atoms with E-state index in [1.54, 1.807) is 0 Å². The molecule has 18 heavy (non-hydrogen) atoms. The SMILES string of the molecule is CC(S)(CCC1([SiH3])CCCCO1)c1ccccc1. The molecule has 0 bridgehead atoms. The molecule has 1 aliphatic heterocycles. The van der Waals surface area contributed by atoms with Crippen LogP contribution in [0.4, 0.5) is 0 Å². The number of hydrogen-bond donors (Lipinski definition) is 1. The Morgan fingerprint density at radius 2 is 2.06 bits per heavy atom. The Bertz CT molecular complexity index is 371. The highest BCUT2D eigenvalue weighted by molar-refractivity contribution is 7.81. The quantitative estimate of drug-likeness (QED) is 0.659. The molecule has 0 saturated carbocycles. The Kier molecular flexibility index (Phi) is 4.57. The fraction of sp³-hybridized carbons (Fsp3) is 0.600. The smallest absolute Gasteiger partial charge is 0.0486 e. The lowest BCUT2D eigenvalue weighted by molar-refractivity contribution is -0.0250. The zero-order valence-electron chi connectivity index (χ0n) is 11.5. The van der Waals surface area contributed by atoms with Crippen LogP contribution in [0.1, 0.15) is 44.6 Å². The van der Waals surface area contributed by atoms with Crippen LogP contribution in [0.15, 0.2) is 30.3 Å². The third-order valence-electron chi connectivity index (χ3n) is 4.09. The topological polar surface area (TPSA) is 9.23 Å². The van der Waals surface area contributed by atoms with Gasteiger partial charge in [0.2, 0.25) is 0 Å². The Morgan fingerprint density at radius 3 is 2.67 bits per heavy atom. The minimum absolute atomic E-state index is 0.0422. The summed E-state index contributed by atoms with van der Waals surface area (Å²) in [5.74, 6) is 0. The summed E-state index contributed by atoms with van der Waals surface area (Å²) >= 11 is 4.87. The molecule has 1 aromatic carbocycles. The minimum Gasteiger partial charge on any atom is -0.380 e. The van der Waals surface area contributed by atoms with Crippen LogP contribution in [0, 0.1) is 0 Å². The van der Waals surface area contributed by atoms with Gasteiger partial charge in [-0.25, -0.2) is 0 Å². The molecule has 0 N–H and O–H groups in total. The van der Waals surface area contributed by atoms with Crippen LogP contribution in [-0.2, 0) is 9.48 Å². The lowest BCUT2D eigenvalue weighted by Gasteiger charge is -2.37. The van der Waals surface area contributed by atoms with Crippen LogP contribution in [0.25, 0.3) is 0 Å². The van der Waals surface area contributed by atoms with E-state index in [4.69, 9.17) is 17.4 Å². The number of benzene rings is 1. The monoisotopic (exact) mass is 280 g/mol. The summed E-state index contributed by atoms with van der Waals surface area (Å²) in [5.41, 5.74) is 1.31. The summed E-state index contributed by atoms with van der Waals surface area (Å²) in [7, 11) is 1.13. The standard InChI is InChI=1S/C15H24OSSi/c1-14(17,13-7-3-2-4-8-13)10-11-15(18)9-5-6-12-16-15/h2-4,7-8,17H,5-6,9-12H2,1,18H3. The van der Waals surface area contributed by atoms with Gasteiger partial charge in [0.15, 0.2) is 0 Å². The second-order valence-corrected chi connectivity index (χ2v) is 8.70. The molecule has 0 aromatic heterocycles. The van der Waals surface area contributed by atoms with E-state index in [1.165, 1.54) is 24.8 Å². The van der Waals surface area contributed by atoms with Gasteiger partial charge >= 0.3 is 0 Å². The highest BCUT2D eigenvalue weighted by atomic mass is 32.1. The van der Waals surface area contributed by atoms with Crippen molar-refractivity contribution in [2.24, 2.45) is 0 Å². The fourth-order valence-corrected chi connectivity index (χ4v) is 3.71. The van der Waals surface area contributed by atoms with Crippen molar-refractivity contribution in [3.8, 4) is 0 Å². The summed E-state index contributed by atoms with van der Waals surface area (Å²) in [6, 6.07) is 10.6.